The van der Waals surface area contributed by atoms with Crippen LogP contribution in [0.3, 0.4) is 0 Å². The molecule has 2 aromatic heterocycles. The van der Waals surface area contributed by atoms with Crippen molar-refractivity contribution in [2.75, 3.05) is 5.73 Å². The molecule has 14 heavy (non-hydrogen) atoms. The van der Waals surface area contributed by atoms with Crippen LogP contribution in [0.1, 0.15) is 5.56 Å². The molecular weight excluding hydrogens is 180 g/mol. The van der Waals surface area contributed by atoms with Crippen molar-refractivity contribution in [1.82, 2.24) is 20.2 Å². The number of anilines is 1. The van der Waals surface area contributed by atoms with Gasteiger partial charge in [-0.05, 0) is 11.6 Å². The zero-order valence-electron chi connectivity index (χ0n) is 7.44. The highest BCUT2D eigenvalue weighted by Crippen LogP contribution is 2.11. The molecule has 2 rings (SSSR count). The summed E-state index contributed by atoms with van der Waals surface area (Å²) in [5.74, 6) is 0.774. The van der Waals surface area contributed by atoms with Crippen molar-refractivity contribution in [3.8, 4) is 11.5 Å². The third-order valence-corrected chi connectivity index (χ3v) is 1.81. The minimum atomic E-state index is 0.213. The number of aromatic amines is 1. The van der Waals surface area contributed by atoms with Gasteiger partial charge >= 0.3 is 0 Å². The summed E-state index contributed by atoms with van der Waals surface area (Å²) in [6.45, 7) is 0.478. The van der Waals surface area contributed by atoms with E-state index in [-0.39, 0.29) is 5.95 Å². The van der Waals surface area contributed by atoms with Crippen LogP contribution in [0.5, 0.6) is 0 Å². The highest BCUT2D eigenvalue weighted by Gasteiger charge is 2.03. The molecule has 0 bridgehead atoms. The fourth-order valence-electron chi connectivity index (χ4n) is 1.07. The van der Waals surface area contributed by atoms with Crippen molar-refractivity contribution in [2.45, 2.75) is 6.54 Å². The number of H-pyrrole nitrogens is 1. The van der Waals surface area contributed by atoms with E-state index >= 15 is 0 Å². The molecular formula is C8H10N6. The Morgan fingerprint density at radius 1 is 1.36 bits per heavy atom. The first-order valence-electron chi connectivity index (χ1n) is 4.13. The third-order valence-electron chi connectivity index (χ3n) is 1.81. The van der Waals surface area contributed by atoms with E-state index in [0.717, 1.165) is 5.56 Å². The van der Waals surface area contributed by atoms with Gasteiger partial charge in [0.15, 0.2) is 5.82 Å². The summed E-state index contributed by atoms with van der Waals surface area (Å²) in [6, 6.07) is 3.71. The quantitative estimate of drug-likeness (QED) is 0.613. The summed E-state index contributed by atoms with van der Waals surface area (Å²) in [6.07, 6.45) is 1.70. The lowest BCUT2D eigenvalue weighted by Gasteiger charge is -1.97. The first-order chi connectivity index (χ1) is 6.79. The number of nitrogen functional groups attached to an aromatic ring is 1. The van der Waals surface area contributed by atoms with Gasteiger partial charge < -0.3 is 11.5 Å². The number of pyridine rings is 1. The lowest BCUT2D eigenvalue weighted by molar-refractivity contribution is 1.04. The minimum absolute atomic E-state index is 0.213. The predicted octanol–water partition coefficient (Wildman–Crippen LogP) is -0.0924. The topological polar surface area (TPSA) is 106 Å². The molecule has 0 saturated heterocycles. The molecule has 0 unspecified atom stereocenters. The zero-order chi connectivity index (χ0) is 9.97. The van der Waals surface area contributed by atoms with Gasteiger partial charge in [-0.15, -0.1) is 5.10 Å². The summed E-state index contributed by atoms with van der Waals surface area (Å²) in [5, 5.41) is 6.39. The summed E-state index contributed by atoms with van der Waals surface area (Å²) >= 11 is 0. The Balaban J connectivity index is 2.33. The largest absolute Gasteiger partial charge is 0.366 e. The minimum Gasteiger partial charge on any atom is -0.366 e. The molecule has 5 N–H and O–H groups in total. The van der Waals surface area contributed by atoms with Crippen LogP contribution in [0.25, 0.3) is 11.5 Å². The molecule has 0 spiro atoms. The van der Waals surface area contributed by atoms with E-state index in [4.69, 9.17) is 11.5 Å². The van der Waals surface area contributed by atoms with Gasteiger partial charge in [-0.25, -0.2) is 0 Å². The average Bonchev–Trinajstić information content (AvgIpc) is 2.65. The lowest BCUT2D eigenvalue weighted by Crippen LogP contribution is -1.97. The standard InChI is InChI=1S/C8H10N6/c9-3-5-1-2-6(11-4-5)7-12-8(10)14-13-7/h1-2,4H,3,9H2,(H3,10,12,13,14). The molecule has 0 aliphatic heterocycles. The lowest BCUT2D eigenvalue weighted by atomic mass is 10.2. The molecule has 0 aliphatic carbocycles. The molecule has 0 fully saturated rings. The van der Waals surface area contributed by atoms with E-state index in [2.05, 4.69) is 20.2 Å². The first-order valence-corrected chi connectivity index (χ1v) is 4.13. The maximum absolute atomic E-state index is 5.45. The van der Waals surface area contributed by atoms with Crippen LogP contribution in [0.4, 0.5) is 5.95 Å². The van der Waals surface area contributed by atoms with Crippen LogP contribution < -0.4 is 11.5 Å². The predicted molar refractivity (Wildman–Crippen MR) is 51.9 cm³/mol. The van der Waals surface area contributed by atoms with Crippen LogP contribution in [0, 0.1) is 0 Å². The molecule has 72 valence electrons. The van der Waals surface area contributed by atoms with Crippen molar-refractivity contribution < 1.29 is 0 Å². The van der Waals surface area contributed by atoms with E-state index in [9.17, 15) is 0 Å². The molecule has 0 radical (unpaired) electrons. The van der Waals surface area contributed by atoms with Gasteiger partial charge in [0.2, 0.25) is 5.95 Å². The van der Waals surface area contributed by atoms with Crippen molar-refractivity contribution >= 4 is 5.95 Å². The van der Waals surface area contributed by atoms with Gasteiger partial charge in [0.25, 0.3) is 0 Å². The van der Waals surface area contributed by atoms with Gasteiger partial charge in [-0.1, -0.05) is 6.07 Å². The van der Waals surface area contributed by atoms with E-state index in [0.29, 0.717) is 18.1 Å². The van der Waals surface area contributed by atoms with Crippen molar-refractivity contribution in [1.29, 1.82) is 0 Å². The van der Waals surface area contributed by atoms with Crippen LogP contribution in [0.15, 0.2) is 18.3 Å². The monoisotopic (exact) mass is 190 g/mol. The highest BCUT2D eigenvalue weighted by molar-refractivity contribution is 5.50. The Morgan fingerprint density at radius 2 is 2.21 bits per heavy atom. The van der Waals surface area contributed by atoms with Gasteiger partial charge in [0.1, 0.15) is 5.69 Å². The van der Waals surface area contributed by atoms with Crippen LogP contribution in [-0.4, -0.2) is 20.2 Å². The summed E-state index contributed by atoms with van der Waals surface area (Å²) in [5.41, 5.74) is 12.5. The smallest absolute Gasteiger partial charge is 0.239 e. The maximum Gasteiger partial charge on any atom is 0.239 e. The van der Waals surface area contributed by atoms with E-state index < -0.39 is 0 Å². The average molecular weight is 190 g/mol. The second-order valence-corrected chi connectivity index (χ2v) is 2.80. The molecule has 0 saturated carbocycles. The fourth-order valence-corrected chi connectivity index (χ4v) is 1.07. The zero-order valence-corrected chi connectivity index (χ0v) is 7.44. The van der Waals surface area contributed by atoms with Gasteiger partial charge in [-0.3, -0.25) is 10.1 Å². The SMILES string of the molecule is NCc1ccc(-c2nc(N)n[nH]2)nc1. The van der Waals surface area contributed by atoms with E-state index in [1.54, 1.807) is 6.20 Å². The van der Waals surface area contributed by atoms with Gasteiger partial charge in [0, 0.05) is 12.7 Å². The Hall–Kier alpha value is -1.95. The fraction of sp³-hybridized carbons (Fsp3) is 0.125. The normalized spacial score (nSPS) is 10.4. The number of hydrogen-bond acceptors (Lipinski definition) is 5. The third kappa shape index (κ3) is 1.55. The Kier molecular flexibility index (Phi) is 2.11. The highest BCUT2D eigenvalue weighted by atomic mass is 15.3. The van der Waals surface area contributed by atoms with Crippen LogP contribution >= 0.6 is 0 Å². The van der Waals surface area contributed by atoms with Gasteiger partial charge in [-0.2, -0.15) is 4.98 Å². The molecule has 2 heterocycles. The van der Waals surface area contributed by atoms with Gasteiger partial charge in [0.05, 0.1) is 0 Å². The number of nitrogens with two attached hydrogens (primary N) is 2. The number of nitrogens with one attached hydrogen (secondary N) is 1. The number of rotatable bonds is 2. The summed E-state index contributed by atoms with van der Waals surface area (Å²) < 4.78 is 0. The second kappa shape index (κ2) is 3.43. The molecule has 2 aromatic rings. The Labute approximate surface area is 80.4 Å². The van der Waals surface area contributed by atoms with E-state index in [1.807, 2.05) is 12.1 Å². The maximum atomic E-state index is 5.45. The van der Waals surface area contributed by atoms with Crippen molar-refractivity contribution in [3.63, 3.8) is 0 Å². The molecule has 0 aliphatic rings. The summed E-state index contributed by atoms with van der Waals surface area (Å²) in [7, 11) is 0. The second-order valence-electron chi connectivity index (χ2n) is 2.80. The Morgan fingerprint density at radius 3 is 2.71 bits per heavy atom. The molecule has 0 aromatic carbocycles. The van der Waals surface area contributed by atoms with E-state index in [1.165, 1.54) is 0 Å². The van der Waals surface area contributed by atoms with Crippen LogP contribution in [-0.2, 0) is 6.54 Å². The van der Waals surface area contributed by atoms with Crippen LogP contribution in [0.2, 0.25) is 0 Å². The van der Waals surface area contributed by atoms with Crippen molar-refractivity contribution in [2.24, 2.45) is 5.73 Å². The molecule has 6 heteroatoms. The molecule has 0 atom stereocenters. The Bertz CT molecular complexity index is 418. The summed E-state index contributed by atoms with van der Waals surface area (Å²) in [4.78, 5) is 8.12. The molecule has 6 nitrogen and oxygen atoms in total. The first kappa shape index (κ1) is 8.64. The number of aromatic nitrogens is 4. The number of hydrogen-bond donors (Lipinski definition) is 3. The number of nitrogens with zero attached hydrogens (tertiary/aromatic N) is 3. The van der Waals surface area contributed by atoms with Crippen molar-refractivity contribution in [3.05, 3.63) is 23.9 Å². The molecule has 0 amide bonds.